The van der Waals surface area contributed by atoms with Crippen LogP contribution in [0.4, 0.5) is 5.95 Å². The lowest BCUT2D eigenvalue weighted by Gasteiger charge is -2.28. The molecule has 0 radical (unpaired) electrons. The number of amides is 1. The quantitative estimate of drug-likeness (QED) is 0.738. The van der Waals surface area contributed by atoms with Crippen molar-refractivity contribution in [1.82, 2.24) is 15.3 Å². The Hall–Kier alpha value is -1.36. The van der Waals surface area contributed by atoms with Crippen LogP contribution < -0.4 is 10.6 Å². The van der Waals surface area contributed by atoms with Gasteiger partial charge in [0.15, 0.2) is 0 Å². The second-order valence-corrected chi connectivity index (χ2v) is 6.61. The molecule has 1 atom stereocenters. The van der Waals surface area contributed by atoms with Gasteiger partial charge in [-0.15, -0.1) is 0 Å². The molecule has 1 aromatic rings. The number of nitrogens with zero attached hydrogens (tertiary/aromatic N) is 1. The molecule has 1 saturated carbocycles. The van der Waals surface area contributed by atoms with Crippen LogP contribution in [0, 0.1) is 11.3 Å². The molecule has 5 heteroatoms. The van der Waals surface area contributed by atoms with Gasteiger partial charge in [0.1, 0.15) is 0 Å². The molecule has 1 aromatic heterocycles. The van der Waals surface area contributed by atoms with Gasteiger partial charge in [0.2, 0.25) is 11.9 Å². The van der Waals surface area contributed by atoms with Crippen LogP contribution in [-0.2, 0) is 10.2 Å². The third-order valence-electron chi connectivity index (χ3n) is 4.09. The van der Waals surface area contributed by atoms with Crippen LogP contribution in [0.15, 0.2) is 6.20 Å². The van der Waals surface area contributed by atoms with E-state index in [1.807, 2.05) is 0 Å². The fourth-order valence-electron chi connectivity index (χ4n) is 2.52. The summed E-state index contributed by atoms with van der Waals surface area (Å²) in [4.78, 5) is 19.4. The summed E-state index contributed by atoms with van der Waals surface area (Å²) >= 11 is 0. The lowest BCUT2D eigenvalue weighted by atomic mass is 9.93. The van der Waals surface area contributed by atoms with Crippen molar-refractivity contribution in [2.24, 2.45) is 11.3 Å². The molecule has 1 saturated heterocycles. The van der Waals surface area contributed by atoms with Crippen LogP contribution in [0.25, 0.3) is 0 Å². The molecule has 1 aliphatic heterocycles. The number of carbonyl (C=O) groups is 1. The average molecular weight is 248 g/mol. The van der Waals surface area contributed by atoms with Crippen molar-refractivity contribution in [3.63, 3.8) is 0 Å². The van der Waals surface area contributed by atoms with Gasteiger partial charge < -0.3 is 10.3 Å². The van der Waals surface area contributed by atoms with Crippen LogP contribution in [-0.4, -0.2) is 29.0 Å². The minimum absolute atomic E-state index is 0.0225. The Morgan fingerprint density at radius 3 is 2.67 bits per heavy atom. The zero-order chi connectivity index (χ0) is 13.0. The first kappa shape index (κ1) is 11.7. The molecule has 5 nitrogen and oxygen atoms in total. The van der Waals surface area contributed by atoms with Crippen LogP contribution in [0.3, 0.4) is 0 Å². The van der Waals surface area contributed by atoms with Crippen molar-refractivity contribution >= 4 is 11.9 Å². The highest BCUT2D eigenvalue weighted by atomic mass is 16.2. The fraction of sp³-hybridized carbons (Fsp3) is 0.692. The first-order chi connectivity index (χ1) is 8.41. The van der Waals surface area contributed by atoms with Gasteiger partial charge in [0.25, 0.3) is 0 Å². The fourth-order valence-corrected chi connectivity index (χ4v) is 2.52. The minimum Gasteiger partial charge on any atom is -0.327 e. The van der Waals surface area contributed by atoms with E-state index in [2.05, 4.69) is 41.4 Å². The third kappa shape index (κ3) is 1.82. The SMILES string of the molecule is CC(C)(C)c1cnc(NC(=O)C2CC23CNC3)[nH]1. The molecular formula is C13H20N4O. The maximum Gasteiger partial charge on any atom is 0.230 e. The predicted octanol–water partition coefficient (Wildman–Crippen LogP) is 1.26. The van der Waals surface area contributed by atoms with Gasteiger partial charge in [0.05, 0.1) is 6.20 Å². The zero-order valence-corrected chi connectivity index (χ0v) is 11.1. The Kier molecular flexibility index (Phi) is 2.32. The van der Waals surface area contributed by atoms with Gasteiger partial charge in [-0.2, -0.15) is 0 Å². The highest BCUT2D eigenvalue weighted by Crippen LogP contribution is 2.55. The van der Waals surface area contributed by atoms with E-state index in [0.717, 1.165) is 25.2 Å². The van der Waals surface area contributed by atoms with Gasteiger partial charge in [-0.1, -0.05) is 20.8 Å². The standard InChI is InChI=1S/C13H20N4O/c1-12(2,3)9-5-15-11(16-9)17-10(18)8-4-13(8)6-14-7-13/h5,8,14H,4,6-7H2,1-3H3,(H2,15,16,17,18). The van der Waals surface area contributed by atoms with Gasteiger partial charge in [-0.3, -0.25) is 10.1 Å². The number of carbonyl (C=O) groups excluding carboxylic acids is 1. The van der Waals surface area contributed by atoms with Gasteiger partial charge in [-0.25, -0.2) is 4.98 Å². The van der Waals surface area contributed by atoms with Gasteiger partial charge in [0, 0.05) is 35.5 Å². The summed E-state index contributed by atoms with van der Waals surface area (Å²) in [5.74, 6) is 0.840. The number of imidazole rings is 1. The highest BCUT2D eigenvalue weighted by molar-refractivity contribution is 5.94. The molecule has 3 rings (SSSR count). The molecule has 18 heavy (non-hydrogen) atoms. The summed E-state index contributed by atoms with van der Waals surface area (Å²) in [5, 5.41) is 6.12. The topological polar surface area (TPSA) is 69.8 Å². The summed E-state index contributed by atoms with van der Waals surface area (Å²) in [5.41, 5.74) is 1.33. The van der Waals surface area contributed by atoms with Gasteiger partial charge >= 0.3 is 0 Å². The molecule has 1 amide bonds. The normalized spacial score (nSPS) is 24.7. The molecule has 2 aliphatic rings. The molecule has 98 valence electrons. The molecule has 0 bridgehead atoms. The van der Waals surface area contributed by atoms with E-state index < -0.39 is 0 Å². The second-order valence-electron chi connectivity index (χ2n) is 6.61. The molecule has 2 heterocycles. The number of hydrogen-bond donors (Lipinski definition) is 3. The van der Waals surface area contributed by atoms with E-state index in [1.54, 1.807) is 6.20 Å². The van der Waals surface area contributed by atoms with Crippen LogP contribution >= 0.6 is 0 Å². The molecule has 1 aliphatic carbocycles. The van der Waals surface area contributed by atoms with Crippen molar-refractivity contribution in [3.8, 4) is 0 Å². The molecule has 2 fully saturated rings. The van der Waals surface area contributed by atoms with E-state index >= 15 is 0 Å². The Balaban J connectivity index is 1.63. The van der Waals surface area contributed by atoms with Gasteiger partial charge in [-0.05, 0) is 6.42 Å². The highest BCUT2D eigenvalue weighted by Gasteiger charge is 2.61. The van der Waals surface area contributed by atoms with Crippen LogP contribution in [0.1, 0.15) is 32.9 Å². The minimum atomic E-state index is 0.0225. The number of aromatic amines is 1. The number of hydrogen-bond acceptors (Lipinski definition) is 3. The lowest BCUT2D eigenvalue weighted by molar-refractivity contribution is -0.118. The number of aromatic nitrogens is 2. The maximum absolute atomic E-state index is 12.0. The maximum atomic E-state index is 12.0. The second kappa shape index (κ2) is 3.57. The Labute approximate surface area is 107 Å². The third-order valence-corrected chi connectivity index (χ3v) is 4.09. The van der Waals surface area contributed by atoms with E-state index in [9.17, 15) is 4.79 Å². The molecule has 1 spiro atoms. The number of rotatable bonds is 2. The van der Waals surface area contributed by atoms with Crippen molar-refractivity contribution in [2.75, 3.05) is 18.4 Å². The molecule has 0 aromatic carbocycles. The van der Waals surface area contributed by atoms with E-state index in [4.69, 9.17) is 0 Å². The Morgan fingerprint density at radius 2 is 2.22 bits per heavy atom. The first-order valence-corrected chi connectivity index (χ1v) is 6.48. The average Bonchev–Trinajstić information content (AvgIpc) is 2.83. The van der Waals surface area contributed by atoms with Crippen LogP contribution in [0.5, 0.6) is 0 Å². The van der Waals surface area contributed by atoms with Crippen molar-refractivity contribution in [2.45, 2.75) is 32.6 Å². The number of H-pyrrole nitrogens is 1. The zero-order valence-electron chi connectivity index (χ0n) is 11.1. The summed E-state index contributed by atoms with van der Waals surface area (Å²) in [6.07, 6.45) is 2.81. The molecule has 3 N–H and O–H groups in total. The van der Waals surface area contributed by atoms with E-state index in [1.165, 1.54) is 0 Å². The summed E-state index contributed by atoms with van der Waals surface area (Å²) < 4.78 is 0. The summed E-state index contributed by atoms with van der Waals surface area (Å²) in [6, 6.07) is 0. The summed E-state index contributed by atoms with van der Waals surface area (Å²) in [7, 11) is 0. The smallest absolute Gasteiger partial charge is 0.230 e. The van der Waals surface area contributed by atoms with E-state index in [-0.39, 0.29) is 22.7 Å². The number of nitrogens with one attached hydrogen (secondary N) is 3. The van der Waals surface area contributed by atoms with Crippen LogP contribution in [0.2, 0.25) is 0 Å². The van der Waals surface area contributed by atoms with Crippen molar-refractivity contribution in [1.29, 1.82) is 0 Å². The van der Waals surface area contributed by atoms with Crippen molar-refractivity contribution in [3.05, 3.63) is 11.9 Å². The largest absolute Gasteiger partial charge is 0.327 e. The monoisotopic (exact) mass is 248 g/mol. The Bertz CT molecular complexity index is 481. The number of anilines is 1. The lowest BCUT2D eigenvalue weighted by Crippen LogP contribution is -2.46. The predicted molar refractivity (Wildman–Crippen MR) is 69.3 cm³/mol. The first-order valence-electron chi connectivity index (χ1n) is 6.48. The summed E-state index contributed by atoms with van der Waals surface area (Å²) in [6.45, 7) is 8.30. The Morgan fingerprint density at radius 1 is 1.50 bits per heavy atom. The molecular weight excluding hydrogens is 228 g/mol. The van der Waals surface area contributed by atoms with Crippen molar-refractivity contribution < 1.29 is 4.79 Å². The van der Waals surface area contributed by atoms with E-state index in [0.29, 0.717) is 5.95 Å². The molecule has 1 unspecified atom stereocenters.